The first-order valence-electron chi connectivity index (χ1n) is 7.08. The number of amides is 2. The van der Waals surface area contributed by atoms with E-state index in [0.717, 1.165) is 26.1 Å². The van der Waals surface area contributed by atoms with Gasteiger partial charge in [-0.25, -0.2) is 0 Å². The quantitative estimate of drug-likeness (QED) is 0.823. The summed E-state index contributed by atoms with van der Waals surface area (Å²) >= 11 is 0. The van der Waals surface area contributed by atoms with Crippen molar-refractivity contribution in [3.05, 3.63) is 0 Å². The summed E-state index contributed by atoms with van der Waals surface area (Å²) in [6.07, 6.45) is 1.90. The van der Waals surface area contributed by atoms with Gasteiger partial charge in [0.25, 0.3) is 0 Å². The third-order valence-electron chi connectivity index (χ3n) is 4.22. The molecule has 0 saturated carbocycles. The minimum absolute atomic E-state index is 0.0229. The number of hydrogen-bond acceptors (Lipinski definition) is 3. The van der Waals surface area contributed by atoms with Crippen LogP contribution < -0.4 is 5.32 Å². The molecular formula is C14H24N2O3. The normalized spacial score (nSPS) is 27.6. The Balaban J connectivity index is 2.14. The van der Waals surface area contributed by atoms with E-state index in [1.807, 2.05) is 13.8 Å². The largest absolute Gasteiger partial charge is 0.381 e. The molecule has 0 aromatic heterocycles. The third kappa shape index (κ3) is 3.08. The van der Waals surface area contributed by atoms with Crippen molar-refractivity contribution in [2.45, 2.75) is 39.7 Å². The number of piperazine rings is 1. The Kier molecular flexibility index (Phi) is 4.13. The van der Waals surface area contributed by atoms with Gasteiger partial charge in [-0.05, 0) is 24.2 Å². The molecule has 0 aromatic carbocycles. The maximum Gasteiger partial charge on any atom is 0.243 e. The van der Waals surface area contributed by atoms with E-state index < -0.39 is 0 Å². The van der Waals surface area contributed by atoms with Crippen molar-refractivity contribution in [3.8, 4) is 0 Å². The Labute approximate surface area is 114 Å². The van der Waals surface area contributed by atoms with Crippen LogP contribution in [-0.4, -0.2) is 49.1 Å². The molecule has 5 heteroatoms. The van der Waals surface area contributed by atoms with Gasteiger partial charge in [-0.1, -0.05) is 20.8 Å². The van der Waals surface area contributed by atoms with E-state index in [-0.39, 0.29) is 35.7 Å². The molecule has 0 aromatic rings. The topological polar surface area (TPSA) is 58.6 Å². The van der Waals surface area contributed by atoms with Crippen LogP contribution in [0.5, 0.6) is 0 Å². The molecule has 2 aliphatic rings. The van der Waals surface area contributed by atoms with Crippen LogP contribution in [0.2, 0.25) is 0 Å². The smallest absolute Gasteiger partial charge is 0.243 e. The van der Waals surface area contributed by atoms with Crippen molar-refractivity contribution in [1.29, 1.82) is 0 Å². The van der Waals surface area contributed by atoms with Crippen LogP contribution in [0.1, 0.15) is 33.6 Å². The van der Waals surface area contributed by atoms with Crippen LogP contribution >= 0.6 is 0 Å². The molecule has 108 valence electrons. The molecule has 2 saturated heterocycles. The average molecular weight is 268 g/mol. The molecule has 0 radical (unpaired) electrons. The van der Waals surface area contributed by atoms with E-state index in [0.29, 0.717) is 6.54 Å². The summed E-state index contributed by atoms with van der Waals surface area (Å²) in [4.78, 5) is 25.9. The molecule has 19 heavy (non-hydrogen) atoms. The summed E-state index contributed by atoms with van der Waals surface area (Å²) < 4.78 is 5.39. The monoisotopic (exact) mass is 268 g/mol. The number of hydrogen-bond donors (Lipinski definition) is 1. The Morgan fingerprint density at radius 2 is 2.00 bits per heavy atom. The highest BCUT2D eigenvalue weighted by Crippen LogP contribution is 2.32. The van der Waals surface area contributed by atoms with E-state index in [2.05, 4.69) is 12.2 Å². The van der Waals surface area contributed by atoms with Gasteiger partial charge in [0.1, 0.15) is 6.04 Å². The molecule has 2 heterocycles. The molecule has 0 spiro atoms. The Morgan fingerprint density at radius 3 is 2.58 bits per heavy atom. The van der Waals surface area contributed by atoms with E-state index >= 15 is 0 Å². The van der Waals surface area contributed by atoms with Gasteiger partial charge in [0.05, 0.1) is 6.54 Å². The predicted molar refractivity (Wildman–Crippen MR) is 71.5 cm³/mol. The highest BCUT2D eigenvalue weighted by molar-refractivity contribution is 5.95. The zero-order chi connectivity index (χ0) is 14.0. The van der Waals surface area contributed by atoms with Gasteiger partial charge in [-0.3, -0.25) is 9.59 Å². The molecule has 2 aliphatic heterocycles. The molecule has 1 atom stereocenters. The minimum atomic E-state index is -0.332. The molecular weight excluding hydrogens is 244 g/mol. The fraction of sp³-hybridized carbons (Fsp3) is 0.857. The van der Waals surface area contributed by atoms with Crippen LogP contribution in [0.4, 0.5) is 0 Å². The summed E-state index contributed by atoms with van der Waals surface area (Å²) in [6.45, 7) is 8.45. The Bertz CT molecular complexity index is 362. The second kappa shape index (κ2) is 5.49. The van der Waals surface area contributed by atoms with Crippen LogP contribution in [0, 0.1) is 11.3 Å². The number of nitrogens with zero attached hydrogens (tertiary/aromatic N) is 1. The maximum atomic E-state index is 12.2. The van der Waals surface area contributed by atoms with E-state index in [4.69, 9.17) is 4.74 Å². The lowest BCUT2D eigenvalue weighted by molar-refractivity contribution is -0.150. The zero-order valence-corrected chi connectivity index (χ0v) is 12.1. The van der Waals surface area contributed by atoms with Crippen molar-refractivity contribution >= 4 is 11.8 Å². The van der Waals surface area contributed by atoms with E-state index in [1.54, 1.807) is 4.90 Å². The molecule has 2 amide bonds. The first-order valence-corrected chi connectivity index (χ1v) is 7.08. The summed E-state index contributed by atoms with van der Waals surface area (Å²) in [5.41, 5.74) is 0.0681. The van der Waals surface area contributed by atoms with Gasteiger partial charge >= 0.3 is 0 Å². The molecule has 2 rings (SSSR count). The van der Waals surface area contributed by atoms with Crippen LogP contribution in [0.3, 0.4) is 0 Å². The summed E-state index contributed by atoms with van der Waals surface area (Å²) in [5.74, 6) is 0.143. The van der Waals surface area contributed by atoms with E-state index in [1.165, 1.54) is 0 Å². The number of ether oxygens (including phenoxy) is 1. The van der Waals surface area contributed by atoms with Gasteiger partial charge in [0.2, 0.25) is 11.8 Å². The molecule has 0 bridgehead atoms. The number of carbonyl (C=O) groups is 2. The Hall–Kier alpha value is -1.10. The van der Waals surface area contributed by atoms with Crippen LogP contribution in [0.15, 0.2) is 0 Å². The first kappa shape index (κ1) is 14.3. The second-order valence-corrected chi connectivity index (χ2v) is 6.35. The highest BCUT2D eigenvalue weighted by Gasteiger charge is 2.40. The Morgan fingerprint density at radius 1 is 1.37 bits per heavy atom. The lowest BCUT2D eigenvalue weighted by Crippen LogP contribution is -2.62. The fourth-order valence-electron chi connectivity index (χ4n) is 2.95. The zero-order valence-electron chi connectivity index (χ0n) is 12.1. The lowest BCUT2D eigenvalue weighted by Gasteiger charge is -2.44. The first-order chi connectivity index (χ1) is 8.93. The number of rotatable bonds is 3. The van der Waals surface area contributed by atoms with Crippen molar-refractivity contribution in [3.63, 3.8) is 0 Å². The fourth-order valence-corrected chi connectivity index (χ4v) is 2.95. The molecule has 2 fully saturated rings. The summed E-state index contributed by atoms with van der Waals surface area (Å²) in [5, 5.41) is 2.69. The standard InChI is InChI=1S/C14H24N2O3/c1-10(2)12-13(18)15-8-11(17)16(12)9-14(3)4-6-19-7-5-14/h10,12H,4-9H2,1-3H3,(H,15,18). The van der Waals surface area contributed by atoms with Gasteiger partial charge in [-0.15, -0.1) is 0 Å². The molecule has 0 aliphatic carbocycles. The van der Waals surface area contributed by atoms with Crippen LogP contribution in [-0.2, 0) is 14.3 Å². The second-order valence-electron chi connectivity index (χ2n) is 6.35. The number of nitrogens with one attached hydrogen (secondary N) is 1. The molecule has 1 unspecified atom stereocenters. The van der Waals surface area contributed by atoms with Gasteiger partial charge in [0.15, 0.2) is 0 Å². The average Bonchev–Trinajstić information content (AvgIpc) is 2.34. The predicted octanol–water partition coefficient (Wildman–Crippen LogP) is 0.786. The van der Waals surface area contributed by atoms with Gasteiger partial charge in [-0.2, -0.15) is 0 Å². The van der Waals surface area contributed by atoms with Crippen molar-refractivity contribution in [2.24, 2.45) is 11.3 Å². The minimum Gasteiger partial charge on any atom is -0.381 e. The third-order valence-corrected chi connectivity index (χ3v) is 4.22. The van der Waals surface area contributed by atoms with Crippen molar-refractivity contribution < 1.29 is 14.3 Å². The molecule has 1 N–H and O–H groups in total. The summed E-state index contributed by atoms with van der Waals surface area (Å²) in [6, 6.07) is -0.332. The lowest BCUT2D eigenvalue weighted by atomic mass is 9.81. The maximum absolute atomic E-state index is 12.2. The highest BCUT2D eigenvalue weighted by atomic mass is 16.5. The van der Waals surface area contributed by atoms with Crippen molar-refractivity contribution in [2.75, 3.05) is 26.3 Å². The van der Waals surface area contributed by atoms with Gasteiger partial charge < -0.3 is 15.0 Å². The van der Waals surface area contributed by atoms with Gasteiger partial charge in [0, 0.05) is 19.8 Å². The van der Waals surface area contributed by atoms with Crippen molar-refractivity contribution in [1.82, 2.24) is 10.2 Å². The van der Waals surface area contributed by atoms with Crippen LogP contribution in [0.25, 0.3) is 0 Å². The SMILES string of the molecule is CC(C)C1C(=O)NCC(=O)N1CC1(C)CCOCC1. The number of carbonyl (C=O) groups excluding carboxylic acids is 2. The van der Waals surface area contributed by atoms with E-state index in [9.17, 15) is 9.59 Å². The molecule has 5 nitrogen and oxygen atoms in total. The summed E-state index contributed by atoms with van der Waals surface area (Å²) in [7, 11) is 0.